The van der Waals surface area contributed by atoms with Gasteiger partial charge in [-0.05, 0) is 30.0 Å². The summed E-state index contributed by atoms with van der Waals surface area (Å²) in [5, 5.41) is 5.76. The molecule has 0 radical (unpaired) electrons. The Morgan fingerprint density at radius 3 is 2.76 bits per heavy atom. The van der Waals surface area contributed by atoms with E-state index < -0.39 is 0 Å². The van der Waals surface area contributed by atoms with Crippen LogP contribution in [0.2, 0.25) is 0 Å². The molecule has 0 saturated heterocycles. The molecule has 2 unspecified atom stereocenters. The lowest BCUT2D eigenvalue weighted by molar-refractivity contribution is 0.493. The summed E-state index contributed by atoms with van der Waals surface area (Å²) in [6, 6.07) is 8.56. The van der Waals surface area contributed by atoms with Crippen molar-refractivity contribution in [3.63, 3.8) is 0 Å². The second-order valence-electron chi connectivity index (χ2n) is 5.02. The van der Waals surface area contributed by atoms with E-state index in [1.165, 1.54) is 10.4 Å². The van der Waals surface area contributed by atoms with Crippen LogP contribution >= 0.6 is 11.3 Å². The molecule has 0 saturated carbocycles. The van der Waals surface area contributed by atoms with Crippen LogP contribution in [0, 0.1) is 0 Å². The van der Waals surface area contributed by atoms with Gasteiger partial charge in [-0.15, -0.1) is 11.3 Å². The highest BCUT2D eigenvalue weighted by molar-refractivity contribution is 7.10. The molecule has 4 nitrogen and oxygen atoms in total. The number of aryl methyl sites for hydroxylation is 1. The Labute approximate surface area is 128 Å². The number of imidazole rings is 1. The van der Waals surface area contributed by atoms with E-state index in [-0.39, 0.29) is 12.1 Å². The van der Waals surface area contributed by atoms with Crippen LogP contribution < -0.4 is 5.32 Å². The number of pyridine rings is 1. The van der Waals surface area contributed by atoms with Crippen molar-refractivity contribution in [1.29, 1.82) is 0 Å². The molecule has 3 aromatic rings. The molecule has 2 atom stereocenters. The molecular weight excluding hydrogens is 280 g/mol. The van der Waals surface area contributed by atoms with Crippen LogP contribution in [0.3, 0.4) is 0 Å². The van der Waals surface area contributed by atoms with Gasteiger partial charge >= 0.3 is 0 Å². The normalized spacial score (nSPS) is 14.0. The smallest absolute Gasteiger partial charge is 0.131 e. The van der Waals surface area contributed by atoms with Gasteiger partial charge in [0.2, 0.25) is 0 Å². The number of rotatable bonds is 5. The van der Waals surface area contributed by atoms with E-state index >= 15 is 0 Å². The standard InChI is InChI=1S/C16H18N4S/c1-12(13-5-3-7-17-11-13)19-15(14-6-4-10-21-14)16-18-8-9-20(16)2/h3-12,15,19H,1-2H3. The third-order valence-corrected chi connectivity index (χ3v) is 4.48. The zero-order chi connectivity index (χ0) is 14.7. The highest BCUT2D eigenvalue weighted by Gasteiger charge is 2.21. The largest absolute Gasteiger partial charge is 0.336 e. The zero-order valence-corrected chi connectivity index (χ0v) is 12.9. The van der Waals surface area contributed by atoms with Crippen LogP contribution in [0.1, 0.15) is 35.3 Å². The molecule has 0 aliphatic rings. The summed E-state index contributed by atoms with van der Waals surface area (Å²) in [5.74, 6) is 1.02. The minimum atomic E-state index is 0.0835. The molecule has 0 spiro atoms. The first kappa shape index (κ1) is 14.0. The lowest BCUT2D eigenvalue weighted by Crippen LogP contribution is -2.27. The molecule has 0 amide bonds. The summed E-state index contributed by atoms with van der Waals surface area (Å²) in [6.45, 7) is 2.15. The Kier molecular flexibility index (Phi) is 4.13. The Morgan fingerprint density at radius 1 is 1.24 bits per heavy atom. The molecule has 0 aliphatic heterocycles. The van der Waals surface area contributed by atoms with E-state index in [0.29, 0.717) is 0 Å². The van der Waals surface area contributed by atoms with Gasteiger partial charge in [-0.25, -0.2) is 4.98 Å². The minimum absolute atomic E-state index is 0.0835. The summed E-state index contributed by atoms with van der Waals surface area (Å²) in [5.41, 5.74) is 1.17. The van der Waals surface area contributed by atoms with Gasteiger partial charge in [0.1, 0.15) is 11.9 Å². The zero-order valence-electron chi connectivity index (χ0n) is 12.1. The molecule has 21 heavy (non-hydrogen) atoms. The molecule has 1 N–H and O–H groups in total. The highest BCUT2D eigenvalue weighted by atomic mass is 32.1. The molecular formula is C16H18N4S. The average molecular weight is 298 g/mol. The first-order valence-electron chi connectivity index (χ1n) is 6.92. The summed E-state index contributed by atoms with van der Waals surface area (Å²) in [4.78, 5) is 9.97. The fourth-order valence-electron chi connectivity index (χ4n) is 2.37. The predicted molar refractivity (Wildman–Crippen MR) is 85.2 cm³/mol. The molecule has 0 fully saturated rings. The lowest BCUT2D eigenvalue weighted by atomic mass is 10.1. The van der Waals surface area contributed by atoms with Crippen molar-refractivity contribution >= 4 is 11.3 Å². The van der Waals surface area contributed by atoms with E-state index in [1.54, 1.807) is 17.5 Å². The number of thiophene rings is 1. The van der Waals surface area contributed by atoms with Gasteiger partial charge in [-0.1, -0.05) is 12.1 Å². The van der Waals surface area contributed by atoms with E-state index in [2.05, 4.69) is 50.4 Å². The topological polar surface area (TPSA) is 42.7 Å². The summed E-state index contributed by atoms with van der Waals surface area (Å²) < 4.78 is 2.06. The minimum Gasteiger partial charge on any atom is -0.336 e. The van der Waals surface area contributed by atoms with Crippen molar-refractivity contribution in [2.75, 3.05) is 0 Å². The van der Waals surface area contributed by atoms with Crippen LogP contribution in [0.4, 0.5) is 0 Å². The van der Waals surface area contributed by atoms with Gasteiger partial charge in [-0.3, -0.25) is 10.3 Å². The van der Waals surface area contributed by atoms with Gasteiger partial charge < -0.3 is 4.57 Å². The second-order valence-corrected chi connectivity index (χ2v) is 6.00. The average Bonchev–Trinajstić information content (AvgIpc) is 3.17. The highest BCUT2D eigenvalue weighted by Crippen LogP contribution is 2.27. The van der Waals surface area contributed by atoms with E-state index in [4.69, 9.17) is 0 Å². The fourth-order valence-corrected chi connectivity index (χ4v) is 3.15. The molecule has 0 bridgehead atoms. The Bertz CT molecular complexity index is 675. The van der Waals surface area contributed by atoms with Crippen LogP contribution in [0.15, 0.2) is 54.4 Å². The van der Waals surface area contributed by atoms with Crippen LogP contribution in [0.5, 0.6) is 0 Å². The van der Waals surface area contributed by atoms with Gasteiger partial charge in [-0.2, -0.15) is 0 Å². The van der Waals surface area contributed by atoms with Gasteiger partial charge in [0.15, 0.2) is 0 Å². The fraction of sp³-hybridized carbons (Fsp3) is 0.250. The molecule has 0 aromatic carbocycles. The SMILES string of the molecule is CC(NC(c1cccs1)c1nccn1C)c1cccnc1. The van der Waals surface area contributed by atoms with Gasteiger partial charge in [0, 0.05) is 42.8 Å². The quantitative estimate of drug-likeness (QED) is 0.786. The van der Waals surface area contributed by atoms with Crippen LogP contribution in [-0.2, 0) is 7.05 Å². The van der Waals surface area contributed by atoms with Crippen molar-refractivity contribution in [2.24, 2.45) is 7.05 Å². The van der Waals surface area contributed by atoms with Crippen LogP contribution in [-0.4, -0.2) is 14.5 Å². The molecule has 5 heteroatoms. The maximum atomic E-state index is 4.51. The first-order chi connectivity index (χ1) is 10.3. The maximum absolute atomic E-state index is 4.51. The maximum Gasteiger partial charge on any atom is 0.131 e. The third kappa shape index (κ3) is 3.04. The van der Waals surface area contributed by atoms with E-state index in [1.807, 2.05) is 31.7 Å². The van der Waals surface area contributed by atoms with E-state index in [0.717, 1.165) is 5.82 Å². The number of nitrogens with one attached hydrogen (secondary N) is 1. The Morgan fingerprint density at radius 2 is 2.14 bits per heavy atom. The monoisotopic (exact) mass is 298 g/mol. The third-order valence-electron chi connectivity index (χ3n) is 3.55. The predicted octanol–water partition coefficient (Wildman–Crippen LogP) is 3.32. The number of nitrogens with zero attached hydrogens (tertiary/aromatic N) is 3. The first-order valence-corrected chi connectivity index (χ1v) is 7.80. The van der Waals surface area contributed by atoms with Crippen molar-refractivity contribution < 1.29 is 0 Å². The molecule has 3 aromatic heterocycles. The van der Waals surface area contributed by atoms with Gasteiger partial charge in [0.25, 0.3) is 0 Å². The summed E-state index contributed by atoms with van der Waals surface area (Å²) in [6.07, 6.45) is 7.52. The Balaban J connectivity index is 1.89. The summed E-state index contributed by atoms with van der Waals surface area (Å²) in [7, 11) is 2.03. The Hall–Kier alpha value is -1.98. The van der Waals surface area contributed by atoms with Crippen molar-refractivity contribution in [3.05, 3.63) is 70.7 Å². The van der Waals surface area contributed by atoms with Crippen molar-refractivity contribution in [2.45, 2.75) is 19.0 Å². The van der Waals surface area contributed by atoms with E-state index in [9.17, 15) is 0 Å². The molecule has 3 rings (SSSR count). The molecule has 0 aliphatic carbocycles. The lowest BCUT2D eigenvalue weighted by Gasteiger charge is -2.22. The molecule has 3 heterocycles. The van der Waals surface area contributed by atoms with Gasteiger partial charge in [0.05, 0.1) is 0 Å². The summed E-state index contributed by atoms with van der Waals surface area (Å²) >= 11 is 1.74. The van der Waals surface area contributed by atoms with Crippen molar-refractivity contribution in [3.8, 4) is 0 Å². The second kappa shape index (κ2) is 6.20. The number of aromatic nitrogens is 3. The molecule has 108 valence electrons. The number of hydrogen-bond acceptors (Lipinski definition) is 4. The number of hydrogen-bond donors (Lipinski definition) is 1. The van der Waals surface area contributed by atoms with Crippen molar-refractivity contribution in [1.82, 2.24) is 19.9 Å². The van der Waals surface area contributed by atoms with Crippen LogP contribution in [0.25, 0.3) is 0 Å².